The highest BCUT2D eigenvalue weighted by molar-refractivity contribution is 9.10. The van der Waals surface area contributed by atoms with Gasteiger partial charge in [-0.15, -0.1) is 0 Å². The van der Waals surface area contributed by atoms with E-state index < -0.39 is 0 Å². The fourth-order valence-electron chi connectivity index (χ4n) is 1.93. The molecule has 1 unspecified atom stereocenters. The van der Waals surface area contributed by atoms with E-state index in [0.717, 1.165) is 27.8 Å². The molecular formula is C15H16BrFN2. The van der Waals surface area contributed by atoms with Crippen LogP contribution in [0.2, 0.25) is 0 Å². The largest absolute Gasteiger partial charge is 0.376 e. The molecule has 19 heavy (non-hydrogen) atoms. The fraction of sp³-hybridized carbons (Fsp3) is 0.267. The maximum Gasteiger partial charge on any atom is 0.141 e. The highest BCUT2D eigenvalue weighted by Crippen LogP contribution is 2.28. The molecule has 4 heteroatoms. The third-order valence-electron chi connectivity index (χ3n) is 3.11. The zero-order chi connectivity index (χ0) is 13.8. The maximum absolute atomic E-state index is 12.9. The van der Waals surface area contributed by atoms with Crippen LogP contribution in [0.15, 0.2) is 41.0 Å². The van der Waals surface area contributed by atoms with Crippen molar-refractivity contribution in [3.05, 3.63) is 58.1 Å². The van der Waals surface area contributed by atoms with Crippen molar-refractivity contribution in [2.75, 3.05) is 5.32 Å². The molecule has 0 saturated heterocycles. The molecule has 1 atom stereocenters. The van der Waals surface area contributed by atoms with Crippen LogP contribution in [0.25, 0.3) is 0 Å². The molecule has 1 aromatic carbocycles. The Hall–Kier alpha value is -1.42. The van der Waals surface area contributed by atoms with Gasteiger partial charge in [0.2, 0.25) is 0 Å². The summed E-state index contributed by atoms with van der Waals surface area (Å²) in [6.07, 6.45) is 2.14. The van der Waals surface area contributed by atoms with Gasteiger partial charge < -0.3 is 5.32 Å². The number of anilines is 1. The predicted molar refractivity (Wildman–Crippen MR) is 79.7 cm³/mol. The SMILES string of the molecule is CCC(Nc1cccc(Br)c1C)c1ccc(F)cn1. The lowest BCUT2D eigenvalue weighted by Gasteiger charge is -2.19. The van der Waals surface area contributed by atoms with Crippen LogP contribution >= 0.6 is 15.9 Å². The Kier molecular flexibility index (Phi) is 4.53. The van der Waals surface area contributed by atoms with Crippen LogP contribution in [0.1, 0.15) is 30.6 Å². The molecule has 2 aromatic rings. The van der Waals surface area contributed by atoms with E-state index in [0.29, 0.717) is 0 Å². The number of aromatic nitrogens is 1. The number of hydrogen-bond acceptors (Lipinski definition) is 2. The first kappa shape index (κ1) is 14.0. The molecule has 0 aliphatic heterocycles. The van der Waals surface area contributed by atoms with Crippen molar-refractivity contribution in [1.29, 1.82) is 0 Å². The van der Waals surface area contributed by atoms with E-state index in [4.69, 9.17) is 0 Å². The molecule has 1 aromatic heterocycles. The summed E-state index contributed by atoms with van der Waals surface area (Å²) in [4.78, 5) is 4.15. The van der Waals surface area contributed by atoms with Crippen molar-refractivity contribution in [3.63, 3.8) is 0 Å². The summed E-state index contributed by atoms with van der Waals surface area (Å²) in [6, 6.07) is 9.28. The highest BCUT2D eigenvalue weighted by Gasteiger charge is 2.12. The van der Waals surface area contributed by atoms with Crippen LogP contribution in [-0.2, 0) is 0 Å². The van der Waals surface area contributed by atoms with Gasteiger partial charge in [-0.25, -0.2) is 4.39 Å². The smallest absolute Gasteiger partial charge is 0.141 e. The van der Waals surface area contributed by atoms with Gasteiger partial charge in [0.15, 0.2) is 0 Å². The topological polar surface area (TPSA) is 24.9 Å². The summed E-state index contributed by atoms with van der Waals surface area (Å²) >= 11 is 3.52. The van der Waals surface area contributed by atoms with Gasteiger partial charge in [0.05, 0.1) is 17.9 Å². The van der Waals surface area contributed by atoms with Gasteiger partial charge in [0, 0.05) is 10.2 Å². The van der Waals surface area contributed by atoms with E-state index in [1.165, 1.54) is 12.3 Å². The lowest BCUT2D eigenvalue weighted by Crippen LogP contribution is -2.12. The molecule has 0 fully saturated rings. The summed E-state index contributed by atoms with van der Waals surface area (Å²) in [5.41, 5.74) is 3.07. The average molecular weight is 323 g/mol. The molecule has 0 aliphatic rings. The van der Waals surface area contributed by atoms with Crippen LogP contribution in [0.5, 0.6) is 0 Å². The lowest BCUT2D eigenvalue weighted by molar-refractivity contribution is 0.614. The highest BCUT2D eigenvalue weighted by atomic mass is 79.9. The number of halogens is 2. The van der Waals surface area contributed by atoms with Gasteiger partial charge >= 0.3 is 0 Å². The van der Waals surface area contributed by atoms with Gasteiger partial charge in [0.1, 0.15) is 5.82 Å². The van der Waals surface area contributed by atoms with Crippen LogP contribution in [0.4, 0.5) is 10.1 Å². The number of hydrogen-bond donors (Lipinski definition) is 1. The van der Waals surface area contributed by atoms with Crippen molar-refractivity contribution in [2.45, 2.75) is 26.3 Å². The number of nitrogens with zero attached hydrogens (tertiary/aromatic N) is 1. The molecule has 1 N–H and O–H groups in total. The second-order valence-electron chi connectivity index (χ2n) is 4.42. The minimum Gasteiger partial charge on any atom is -0.376 e. The van der Waals surface area contributed by atoms with Crippen molar-refractivity contribution in [1.82, 2.24) is 4.98 Å². The van der Waals surface area contributed by atoms with Gasteiger partial charge in [-0.1, -0.05) is 28.9 Å². The number of pyridine rings is 1. The minimum absolute atomic E-state index is 0.0774. The van der Waals surface area contributed by atoms with Crippen LogP contribution in [0, 0.1) is 12.7 Å². The Morgan fingerprint density at radius 2 is 2.11 bits per heavy atom. The third-order valence-corrected chi connectivity index (χ3v) is 3.97. The van der Waals surface area contributed by atoms with Crippen LogP contribution in [0.3, 0.4) is 0 Å². The summed E-state index contributed by atoms with van der Waals surface area (Å²) in [7, 11) is 0. The first-order valence-electron chi connectivity index (χ1n) is 6.25. The first-order chi connectivity index (χ1) is 9.11. The summed E-state index contributed by atoms with van der Waals surface area (Å²) in [6.45, 7) is 4.13. The van der Waals surface area contributed by atoms with Crippen molar-refractivity contribution in [3.8, 4) is 0 Å². The summed E-state index contributed by atoms with van der Waals surface area (Å²) < 4.78 is 14.0. The van der Waals surface area contributed by atoms with E-state index in [9.17, 15) is 4.39 Å². The number of nitrogens with one attached hydrogen (secondary N) is 1. The Balaban J connectivity index is 2.24. The molecule has 1 heterocycles. The molecule has 0 radical (unpaired) electrons. The Labute approximate surface area is 121 Å². The van der Waals surface area contributed by atoms with E-state index in [1.54, 1.807) is 6.07 Å². The molecule has 0 amide bonds. The molecular weight excluding hydrogens is 307 g/mol. The van der Waals surface area contributed by atoms with E-state index in [2.05, 4.69) is 40.1 Å². The molecule has 100 valence electrons. The Morgan fingerprint density at radius 3 is 2.74 bits per heavy atom. The second-order valence-corrected chi connectivity index (χ2v) is 5.27. The number of benzene rings is 1. The Morgan fingerprint density at radius 1 is 1.32 bits per heavy atom. The van der Waals surface area contributed by atoms with Crippen molar-refractivity contribution >= 4 is 21.6 Å². The zero-order valence-corrected chi connectivity index (χ0v) is 12.5. The molecule has 2 nitrogen and oxygen atoms in total. The summed E-state index contributed by atoms with van der Waals surface area (Å²) in [5.74, 6) is -0.308. The van der Waals surface area contributed by atoms with E-state index >= 15 is 0 Å². The predicted octanol–water partition coefficient (Wildman–Crippen LogP) is 4.85. The minimum atomic E-state index is -0.308. The van der Waals surface area contributed by atoms with Crippen LogP contribution < -0.4 is 5.32 Å². The lowest BCUT2D eigenvalue weighted by atomic mass is 10.1. The van der Waals surface area contributed by atoms with Crippen molar-refractivity contribution < 1.29 is 4.39 Å². The summed E-state index contributed by atoms with van der Waals surface area (Å²) in [5, 5.41) is 3.46. The monoisotopic (exact) mass is 322 g/mol. The molecule has 0 saturated carbocycles. The second kappa shape index (κ2) is 6.15. The standard InChI is InChI=1S/C15H16BrFN2/c1-3-13(15-8-7-11(17)9-18-15)19-14-6-4-5-12(16)10(14)2/h4-9,13,19H,3H2,1-2H3. The average Bonchev–Trinajstić information content (AvgIpc) is 2.42. The van der Waals surface area contributed by atoms with Gasteiger partial charge in [-0.3, -0.25) is 4.98 Å². The number of rotatable bonds is 4. The van der Waals surface area contributed by atoms with Crippen LogP contribution in [-0.4, -0.2) is 4.98 Å². The quantitative estimate of drug-likeness (QED) is 0.869. The van der Waals surface area contributed by atoms with E-state index in [1.807, 2.05) is 18.2 Å². The Bertz CT molecular complexity index is 555. The zero-order valence-electron chi connectivity index (χ0n) is 11.0. The molecule has 0 aliphatic carbocycles. The van der Waals surface area contributed by atoms with Gasteiger partial charge in [-0.2, -0.15) is 0 Å². The van der Waals surface area contributed by atoms with Gasteiger partial charge in [0.25, 0.3) is 0 Å². The molecule has 2 rings (SSSR count). The molecule has 0 bridgehead atoms. The molecule has 0 spiro atoms. The first-order valence-corrected chi connectivity index (χ1v) is 7.04. The third kappa shape index (κ3) is 3.32. The van der Waals surface area contributed by atoms with Gasteiger partial charge in [-0.05, 0) is 43.2 Å². The van der Waals surface area contributed by atoms with E-state index in [-0.39, 0.29) is 11.9 Å². The van der Waals surface area contributed by atoms with Crippen molar-refractivity contribution in [2.24, 2.45) is 0 Å². The normalized spacial score (nSPS) is 12.2. The maximum atomic E-state index is 12.9. The fourth-order valence-corrected chi connectivity index (χ4v) is 2.30.